The van der Waals surface area contributed by atoms with Gasteiger partial charge in [-0.1, -0.05) is 25.1 Å². The molecule has 1 aromatic carbocycles. The van der Waals surface area contributed by atoms with Crippen LogP contribution in [0.5, 0.6) is 0 Å². The van der Waals surface area contributed by atoms with E-state index >= 15 is 0 Å². The van der Waals surface area contributed by atoms with Crippen LogP contribution in [-0.2, 0) is 6.42 Å². The third kappa shape index (κ3) is 2.66. The SMILES string of the molecule is CC(Cc1cccnc1)c1ccc(F)cc1. The summed E-state index contributed by atoms with van der Waals surface area (Å²) in [5.74, 6) is 0.196. The summed E-state index contributed by atoms with van der Waals surface area (Å²) in [6, 6.07) is 10.7. The first-order chi connectivity index (χ1) is 7.75. The first kappa shape index (κ1) is 10.8. The van der Waals surface area contributed by atoms with Gasteiger partial charge in [-0.25, -0.2) is 4.39 Å². The molecule has 0 bridgehead atoms. The van der Waals surface area contributed by atoms with E-state index in [1.54, 1.807) is 6.20 Å². The summed E-state index contributed by atoms with van der Waals surface area (Å²) in [6.07, 6.45) is 4.57. The van der Waals surface area contributed by atoms with Gasteiger partial charge in [0.25, 0.3) is 0 Å². The standard InChI is InChI=1S/C14H14FN/c1-11(9-12-3-2-8-16-10-12)13-4-6-14(15)7-5-13/h2-8,10-11H,9H2,1H3. The van der Waals surface area contributed by atoms with Crippen LogP contribution in [0.4, 0.5) is 4.39 Å². The Morgan fingerprint density at radius 1 is 1.19 bits per heavy atom. The van der Waals surface area contributed by atoms with Crippen LogP contribution >= 0.6 is 0 Å². The molecule has 0 aliphatic rings. The van der Waals surface area contributed by atoms with E-state index in [1.807, 2.05) is 24.4 Å². The lowest BCUT2D eigenvalue weighted by molar-refractivity contribution is 0.625. The van der Waals surface area contributed by atoms with Gasteiger partial charge in [0.05, 0.1) is 0 Å². The van der Waals surface area contributed by atoms with E-state index in [9.17, 15) is 4.39 Å². The third-order valence-electron chi connectivity index (χ3n) is 2.70. The van der Waals surface area contributed by atoms with E-state index in [0.29, 0.717) is 5.92 Å². The normalized spacial score (nSPS) is 12.4. The highest BCUT2D eigenvalue weighted by Gasteiger charge is 2.06. The molecule has 1 unspecified atom stereocenters. The van der Waals surface area contributed by atoms with Crippen LogP contribution in [0.1, 0.15) is 24.0 Å². The van der Waals surface area contributed by atoms with E-state index in [0.717, 1.165) is 12.0 Å². The molecular weight excluding hydrogens is 201 g/mol. The molecule has 0 spiro atoms. The van der Waals surface area contributed by atoms with Crippen LogP contribution in [0.3, 0.4) is 0 Å². The summed E-state index contributed by atoms with van der Waals surface area (Å²) in [5, 5.41) is 0. The zero-order valence-corrected chi connectivity index (χ0v) is 9.23. The Bertz CT molecular complexity index is 436. The fourth-order valence-corrected chi connectivity index (χ4v) is 1.78. The monoisotopic (exact) mass is 215 g/mol. The lowest BCUT2D eigenvalue weighted by Crippen LogP contribution is -1.98. The molecule has 1 nitrogen and oxygen atoms in total. The Morgan fingerprint density at radius 2 is 1.94 bits per heavy atom. The summed E-state index contributed by atoms with van der Waals surface area (Å²) < 4.78 is 12.8. The van der Waals surface area contributed by atoms with Gasteiger partial charge in [-0.05, 0) is 41.7 Å². The molecule has 0 amide bonds. The average Bonchev–Trinajstić information content (AvgIpc) is 2.31. The van der Waals surface area contributed by atoms with Crippen molar-refractivity contribution in [2.45, 2.75) is 19.3 Å². The van der Waals surface area contributed by atoms with E-state index in [2.05, 4.69) is 18.0 Å². The molecule has 0 aliphatic heterocycles. The van der Waals surface area contributed by atoms with Crippen LogP contribution in [0.2, 0.25) is 0 Å². The van der Waals surface area contributed by atoms with Crippen molar-refractivity contribution in [1.29, 1.82) is 0 Å². The first-order valence-corrected chi connectivity index (χ1v) is 5.40. The molecule has 0 saturated heterocycles. The number of pyridine rings is 1. The second kappa shape index (κ2) is 4.88. The number of nitrogens with zero attached hydrogens (tertiary/aromatic N) is 1. The van der Waals surface area contributed by atoms with Crippen LogP contribution < -0.4 is 0 Å². The molecule has 0 saturated carbocycles. The maximum absolute atomic E-state index is 12.8. The second-order valence-electron chi connectivity index (χ2n) is 4.02. The lowest BCUT2D eigenvalue weighted by Gasteiger charge is -2.11. The maximum Gasteiger partial charge on any atom is 0.123 e. The van der Waals surface area contributed by atoms with Crippen molar-refractivity contribution in [1.82, 2.24) is 4.98 Å². The predicted octanol–water partition coefficient (Wildman–Crippen LogP) is 3.57. The molecule has 1 heterocycles. The quantitative estimate of drug-likeness (QED) is 0.762. The van der Waals surface area contributed by atoms with Crippen molar-refractivity contribution in [3.05, 3.63) is 65.7 Å². The first-order valence-electron chi connectivity index (χ1n) is 5.40. The van der Waals surface area contributed by atoms with Gasteiger partial charge in [0.1, 0.15) is 5.82 Å². The average molecular weight is 215 g/mol. The highest BCUT2D eigenvalue weighted by molar-refractivity contribution is 5.22. The molecule has 2 aromatic rings. The Balaban J connectivity index is 2.09. The van der Waals surface area contributed by atoms with E-state index < -0.39 is 0 Å². The van der Waals surface area contributed by atoms with E-state index in [4.69, 9.17) is 0 Å². The Labute approximate surface area is 95.0 Å². The van der Waals surface area contributed by atoms with Crippen LogP contribution in [0.15, 0.2) is 48.8 Å². The van der Waals surface area contributed by atoms with E-state index in [1.165, 1.54) is 17.7 Å². The molecule has 0 fully saturated rings. The van der Waals surface area contributed by atoms with Gasteiger partial charge in [-0.15, -0.1) is 0 Å². The van der Waals surface area contributed by atoms with Gasteiger partial charge < -0.3 is 0 Å². The smallest absolute Gasteiger partial charge is 0.123 e. The molecule has 0 radical (unpaired) electrons. The summed E-state index contributed by atoms with van der Waals surface area (Å²) in [6.45, 7) is 2.14. The molecule has 82 valence electrons. The fourth-order valence-electron chi connectivity index (χ4n) is 1.78. The maximum atomic E-state index is 12.8. The molecule has 1 aromatic heterocycles. The molecule has 0 N–H and O–H groups in total. The van der Waals surface area contributed by atoms with Gasteiger partial charge in [0.2, 0.25) is 0 Å². The summed E-state index contributed by atoms with van der Waals surface area (Å²) in [4.78, 5) is 4.09. The number of rotatable bonds is 3. The largest absolute Gasteiger partial charge is 0.264 e. The van der Waals surface area contributed by atoms with Crippen molar-refractivity contribution in [2.24, 2.45) is 0 Å². The van der Waals surface area contributed by atoms with Crippen molar-refractivity contribution in [3.63, 3.8) is 0 Å². The van der Waals surface area contributed by atoms with Gasteiger partial charge >= 0.3 is 0 Å². The minimum atomic E-state index is -0.183. The number of benzene rings is 1. The zero-order valence-electron chi connectivity index (χ0n) is 9.23. The van der Waals surface area contributed by atoms with Crippen LogP contribution in [0, 0.1) is 5.82 Å². The fraction of sp³-hybridized carbons (Fsp3) is 0.214. The van der Waals surface area contributed by atoms with Gasteiger partial charge in [-0.2, -0.15) is 0 Å². The van der Waals surface area contributed by atoms with Gasteiger partial charge in [0, 0.05) is 12.4 Å². The summed E-state index contributed by atoms with van der Waals surface area (Å²) in [7, 11) is 0. The van der Waals surface area contributed by atoms with E-state index in [-0.39, 0.29) is 5.82 Å². The lowest BCUT2D eigenvalue weighted by atomic mass is 9.94. The number of aromatic nitrogens is 1. The minimum Gasteiger partial charge on any atom is -0.264 e. The predicted molar refractivity (Wildman–Crippen MR) is 62.8 cm³/mol. The molecular formula is C14H14FN. The number of halogens is 1. The Morgan fingerprint density at radius 3 is 2.56 bits per heavy atom. The van der Waals surface area contributed by atoms with Gasteiger partial charge in [-0.3, -0.25) is 4.98 Å². The number of hydrogen-bond donors (Lipinski definition) is 0. The Hall–Kier alpha value is -1.70. The molecule has 16 heavy (non-hydrogen) atoms. The summed E-state index contributed by atoms with van der Waals surface area (Å²) in [5.41, 5.74) is 2.37. The van der Waals surface area contributed by atoms with Crippen molar-refractivity contribution < 1.29 is 4.39 Å². The molecule has 2 rings (SSSR count). The van der Waals surface area contributed by atoms with Crippen molar-refractivity contribution in [3.8, 4) is 0 Å². The van der Waals surface area contributed by atoms with Crippen LogP contribution in [0.25, 0.3) is 0 Å². The highest BCUT2D eigenvalue weighted by atomic mass is 19.1. The summed E-state index contributed by atoms with van der Waals surface area (Å²) >= 11 is 0. The molecule has 1 atom stereocenters. The molecule has 2 heteroatoms. The topological polar surface area (TPSA) is 12.9 Å². The van der Waals surface area contributed by atoms with Crippen molar-refractivity contribution >= 4 is 0 Å². The highest BCUT2D eigenvalue weighted by Crippen LogP contribution is 2.19. The zero-order chi connectivity index (χ0) is 11.4. The van der Waals surface area contributed by atoms with Crippen molar-refractivity contribution in [2.75, 3.05) is 0 Å². The second-order valence-corrected chi connectivity index (χ2v) is 4.02. The minimum absolute atomic E-state index is 0.183. The molecule has 0 aliphatic carbocycles. The number of hydrogen-bond acceptors (Lipinski definition) is 1. The Kier molecular flexibility index (Phi) is 3.30. The van der Waals surface area contributed by atoms with Gasteiger partial charge in [0.15, 0.2) is 0 Å². The van der Waals surface area contributed by atoms with Crippen LogP contribution in [-0.4, -0.2) is 4.98 Å². The third-order valence-corrected chi connectivity index (χ3v) is 2.70.